The van der Waals surface area contributed by atoms with Gasteiger partial charge in [0.05, 0.1) is 11.9 Å². The van der Waals surface area contributed by atoms with Crippen LogP contribution in [0.4, 0.5) is 5.69 Å². The summed E-state index contributed by atoms with van der Waals surface area (Å²) < 4.78 is 5.40. The predicted octanol–water partition coefficient (Wildman–Crippen LogP) is 1.72. The summed E-state index contributed by atoms with van der Waals surface area (Å²) in [6, 6.07) is 8.57. The lowest BCUT2D eigenvalue weighted by molar-refractivity contribution is 0.460. The molecule has 0 aromatic carbocycles. The van der Waals surface area contributed by atoms with Crippen LogP contribution in [0.3, 0.4) is 0 Å². The number of aromatic nitrogens is 2. The quantitative estimate of drug-likeness (QED) is 0.819. The van der Waals surface area contributed by atoms with Crippen molar-refractivity contribution in [3.63, 3.8) is 0 Å². The minimum atomic E-state index is 0.154. The van der Waals surface area contributed by atoms with Gasteiger partial charge in [0.15, 0.2) is 5.69 Å². The number of nitrogen functional groups attached to an aromatic ring is 1. The van der Waals surface area contributed by atoms with Crippen molar-refractivity contribution >= 4 is 5.69 Å². The van der Waals surface area contributed by atoms with Crippen molar-refractivity contribution in [2.24, 2.45) is 0 Å². The Bertz CT molecular complexity index is 533. The predicted molar refractivity (Wildman–Crippen MR) is 57.7 cm³/mol. The molecule has 0 spiro atoms. The molecule has 16 heavy (non-hydrogen) atoms. The van der Waals surface area contributed by atoms with Gasteiger partial charge >= 0.3 is 0 Å². The Labute approximate surface area is 92.1 Å². The van der Waals surface area contributed by atoms with E-state index in [4.69, 9.17) is 15.7 Å². The van der Waals surface area contributed by atoms with Crippen LogP contribution in [0.25, 0.3) is 0 Å². The molecule has 0 aliphatic rings. The van der Waals surface area contributed by atoms with Crippen LogP contribution in [0.2, 0.25) is 0 Å². The molecule has 0 saturated heterocycles. The molecule has 2 rings (SSSR count). The van der Waals surface area contributed by atoms with Crippen LogP contribution in [0.5, 0.6) is 11.6 Å². The summed E-state index contributed by atoms with van der Waals surface area (Å²) in [5, 5.41) is 8.75. The molecule has 0 fully saturated rings. The maximum absolute atomic E-state index is 8.75. The third-order valence-electron chi connectivity index (χ3n) is 1.86. The summed E-state index contributed by atoms with van der Waals surface area (Å²) >= 11 is 0. The summed E-state index contributed by atoms with van der Waals surface area (Å²) in [6.45, 7) is 0. The van der Waals surface area contributed by atoms with E-state index in [0.717, 1.165) is 0 Å². The number of hydrogen-bond donors (Lipinski definition) is 1. The molecular formula is C11H8N4O. The van der Waals surface area contributed by atoms with Gasteiger partial charge in [-0.15, -0.1) is 0 Å². The Kier molecular flexibility index (Phi) is 2.65. The molecule has 2 aromatic heterocycles. The van der Waals surface area contributed by atoms with E-state index >= 15 is 0 Å². The molecule has 2 heterocycles. The lowest BCUT2D eigenvalue weighted by Gasteiger charge is -2.04. The van der Waals surface area contributed by atoms with Crippen LogP contribution in [-0.4, -0.2) is 9.97 Å². The van der Waals surface area contributed by atoms with Crippen molar-refractivity contribution in [3.05, 3.63) is 42.4 Å². The topological polar surface area (TPSA) is 84.8 Å². The molecule has 2 N–H and O–H groups in total. The van der Waals surface area contributed by atoms with E-state index in [2.05, 4.69) is 9.97 Å². The molecule has 5 heteroatoms. The summed E-state index contributed by atoms with van der Waals surface area (Å²) in [4.78, 5) is 7.85. The second-order valence-electron chi connectivity index (χ2n) is 2.99. The monoisotopic (exact) mass is 212 g/mol. The fraction of sp³-hybridized carbons (Fsp3) is 0. The van der Waals surface area contributed by atoms with Gasteiger partial charge in [-0.1, -0.05) is 0 Å². The van der Waals surface area contributed by atoms with Crippen LogP contribution in [0, 0.1) is 11.3 Å². The third kappa shape index (κ3) is 2.07. The first kappa shape index (κ1) is 9.93. The maximum Gasteiger partial charge on any atom is 0.220 e. The highest BCUT2D eigenvalue weighted by molar-refractivity contribution is 5.51. The smallest absolute Gasteiger partial charge is 0.220 e. The molecule has 5 nitrogen and oxygen atoms in total. The van der Waals surface area contributed by atoms with Crippen LogP contribution in [0.1, 0.15) is 5.69 Å². The van der Waals surface area contributed by atoms with Gasteiger partial charge in [0.25, 0.3) is 0 Å². The van der Waals surface area contributed by atoms with Crippen LogP contribution < -0.4 is 10.5 Å². The SMILES string of the molecule is N#Cc1nc(Oc2cccnc2)ccc1N. The highest BCUT2D eigenvalue weighted by Gasteiger charge is 2.03. The zero-order valence-corrected chi connectivity index (χ0v) is 8.29. The molecule has 0 aliphatic carbocycles. The van der Waals surface area contributed by atoms with Gasteiger partial charge < -0.3 is 10.5 Å². The lowest BCUT2D eigenvalue weighted by Crippen LogP contribution is -1.96. The number of rotatable bonds is 2. The van der Waals surface area contributed by atoms with Gasteiger partial charge in [-0.2, -0.15) is 5.26 Å². The van der Waals surface area contributed by atoms with Gasteiger partial charge in [0, 0.05) is 12.3 Å². The van der Waals surface area contributed by atoms with Crippen molar-refractivity contribution in [1.82, 2.24) is 9.97 Å². The first-order chi connectivity index (χ1) is 7.79. The number of ether oxygens (including phenoxy) is 1. The van der Waals surface area contributed by atoms with E-state index in [0.29, 0.717) is 17.3 Å². The van der Waals surface area contributed by atoms with Crippen molar-refractivity contribution < 1.29 is 4.74 Å². The van der Waals surface area contributed by atoms with Gasteiger partial charge in [-0.25, -0.2) is 4.98 Å². The lowest BCUT2D eigenvalue weighted by atomic mass is 10.3. The Morgan fingerprint density at radius 3 is 2.88 bits per heavy atom. The highest BCUT2D eigenvalue weighted by Crippen LogP contribution is 2.20. The second-order valence-corrected chi connectivity index (χ2v) is 2.99. The summed E-state index contributed by atoms with van der Waals surface area (Å²) in [6.07, 6.45) is 3.20. The summed E-state index contributed by atoms with van der Waals surface area (Å²) in [7, 11) is 0. The molecular weight excluding hydrogens is 204 g/mol. The first-order valence-electron chi connectivity index (χ1n) is 4.54. The second kappa shape index (κ2) is 4.28. The van der Waals surface area contributed by atoms with E-state index in [1.807, 2.05) is 6.07 Å². The van der Waals surface area contributed by atoms with E-state index in [1.165, 1.54) is 0 Å². The standard InChI is InChI=1S/C11H8N4O/c12-6-10-9(13)3-4-11(15-10)16-8-2-1-5-14-7-8/h1-5,7H,13H2. The average Bonchev–Trinajstić information content (AvgIpc) is 2.33. The summed E-state index contributed by atoms with van der Waals surface area (Å²) in [5.41, 5.74) is 6.03. The van der Waals surface area contributed by atoms with E-state index < -0.39 is 0 Å². The number of nitriles is 1. The Hall–Kier alpha value is -2.61. The number of anilines is 1. The van der Waals surface area contributed by atoms with Gasteiger partial charge in [-0.05, 0) is 18.2 Å². The van der Waals surface area contributed by atoms with Gasteiger partial charge in [-0.3, -0.25) is 4.98 Å². The minimum Gasteiger partial charge on any atom is -0.437 e. The largest absolute Gasteiger partial charge is 0.437 e. The Morgan fingerprint density at radius 1 is 1.31 bits per heavy atom. The Morgan fingerprint density at radius 2 is 2.19 bits per heavy atom. The fourth-order valence-electron chi connectivity index (χ4n) is 1.13. The van der Waals surface area contributed by atoms with Crippen LogP contribution >= 0.6 is 0 Å². The number of nitrogens with zero attached hydrogens (tertiary/aromatic N) is 3. The minimum absolute atomic E-state index is 0.154. The molecule has 2 aromatic rings. The molecule has 0 radical (unpaired) electrons. The maximum atomic E-state index is 8.75. The number of nitrogens with two attached hydrogens (primary N) is 1. The van der Waals surface area contributed by atoms with Crippen molar-refractivity contribution in [1.29, 1.82) is 5.26 Å². The number of hydrogen-bond acceptors (Lipinski definition) is 5. The zero-order chi connectivity index (χ0) is 11.4. The summed E-state index contributed by atoms with van der Waals surface area (Å²) in [5.74, 6) is 0.877. The van der Waals surface area contributed by atoms with Crippen molar-refractivity contribution in [3.8, 4) is 17.7 Å². The molecule has 0 atom stereocenters. The molecule has 0 bridgehead atoms. The number of pyridine rings is 2. The molecule has 0 unspecified atom stereocenters. The van der Waals surface area contributed by atoms with Crippen molar-refractivity contribution in [2.45, 2.75) is 0 Å². The van der Waals surface area contributed by atoms with E-state index in [9.17, 15) is 0 Å². The van der Waals surface area contributed by atoms with E-state index in [-0.39, 0.29) is 5.69 Å². The molecule has 78 valence electrons. The molecule has 0 saturated carbocycles. The zero-order valence-electron chi connectivity index (χ0n) is 8.29. The van der Waals surface area contributed by atoms with Crippen LogP contribution in [0.15, 0.2) is 36.7 Å². The fourth-order valence-corrected chi connectivity index (χ4v) is 1.13. The highest BCUT2D eigenvalue weighted by atomic mass is 16.5. The van der Waals surface area contributed by atoms with E-state index in [1.54, 1.807) is 36.7 Å². The van der Waals surface area contributed by atoms with Gasteiger partial charge in [0.1, 0.15) is 11.8 Å². The normalized spacial score (nSPS) is 9.44. The van der Waals surface area contributed by atoms with Crippen LogP contribution in [-0.2, 0) is 0 Å². The third-order valence-corrected chi connectivity index (χ3v) is 1.86. The van der Waals surface area contributed by atoms with Gasteiger partial charge in [0.2, 0.25) is 5.88 Å². The van der Waals surface area contributed by atoms with Crippen molar-refractivity contribution in [2.75, 3.05) is 5.73 Å². The average molecular weight is 212 g/mol. The first-order valence-corrected chi connectivity index (χ1v) is 4.54. The molecule has 0 amide bonds. The Balaban J connectivity index is 2.27. The molecule has 0 aliphatic heterocycles.